The number of carboxylic acid groups (broad SMARTS) is 5. The Morgan fingerprint density at radius 3 is 1.58 bits per heavy atom. The molecule has 0 aromatic rings. The van der Waals surface area contributed by atoms with Crippen LogP contribution in [0.5, 0.6) is 0 Å². The van der Waals surface area contributed by atoms with Crippen molar-refractivity contribution in [1.82, 2.24) is 35.1 Å². The fraction of sp³-hybridized carbons (Fsp3) is 0.500. The molecule has 0 spiro atoms. The van der Waals surface area contributed by atoms with Gasteiger partial charge in [-0.1, -0.05) is 6.08 Å². The molecule has 3 aliphatic rings. The molecular weight excluding hydrogens is 786 g/mol. The van der Waals surface area contributed by atoms with E-state index in [0.29, 0.717) is 16.8 Å². The summed E-state index contributed by atoms with van der Waals surface area (Å²) in [5.74, 6) is -9.22. The van der Waals surface area contributed by atoms with Gasteiger partial charge in [-0.2, -0.15) is 0 Å². The number of nitrogens with zero attached hydrogens (tertiary/aromatic N) is 5. The van der Waals surface area contributed by atoms with E-state index in [1.807, 2.05) is 0 Å². The molecule has 322 valence electrons. The lowest BCUT2D eigenvalue weighted by atomic mass is 9.87. The number of fused-ring (bicyclic) bond motifs is 1. The van der Waals surface area contributed by atoms with Crippen LogP contribution in [0.1, 0.15) is 19.8 Å². The topological polar surface area (TPSA) is 321 Å². The van der Waals surface area contributed by atoms with Gasteiger partial charge >= 0.3 is 35.8 Å². The first kappa shape index (κ1) is 47.1. The molecule has 1 unspecified atom stereocenters. The number of aliphatic carboxylic acids is 5. The van der Waals surface area contributed by atoms with Crippen LogP contribution in [0.4, 0.5) is 0 Å². The van der Waals surface area contributed by atoms with Crippen molar-refractivity contribution in [2.75, 3.05) is 91.6 Å². The summed E-state index contributed by atoms with van der Waals surface area (Å²) in [6.07, 6.45) is 4.36. The van der Waals surface area contributed by atoms with Crippen molar-refractivity contribution in [3.63, 3.8) is 0 Å². The molecule has 0 aromatic carbocycles. The van der Waals surface area contributed by atoms with E-state index in [9.17, 15) is 63.3 Å². The van der Waals surface area contributed by atoms with Gasteiger partial charge < -0.3 is 40.9 Å². The van der Waals surface area contributed by atoms with E-state index in [2.05, 4.69) is 10.6 Å². The van der Waals surface area contributed by atoms with Crippen molar-refractivity contribution in [2.24, 2.45) is 0 Å². The second kappa shape index (κ2) is 22.6. The predicted octanol–water partition coefficient (Wildman–Crippen LogP) is -3.38. The maximum absolute atomic E-state index is 13.1. The summed E-state index contributed by atoms with van der Waals surface area (Å²) in [6, 6.07) is 0. The Hall–Kier alpha value is -6.30. The van der Waals surface area contributed by atoms with Gasteiger partial charge in [0.05, 0.1) is 45.7 Å². The van der Waals surface area contributed by atoms with Crippen LogP contribution >= 0.6 is 0 Å². The number of rotatable bonds is 27. The van der Waals surface area contributed by atoms with E-state index in [0.717, 1.165) is 22.0 Å². The maximum Gasteiger partial charge on any atom is 0.335 e. The van der Waals surface area contributed by atoms with Gasteiger partial charge in [0.2, 0.25) is 11.8 Å². The Kier molecular flexibility index (Phi) is 18.0. The van der Waals surface area contributed by atoms with Crippen LogP contribution in [0.2, 0.25) is 0 Å². The van der Waals surface area contributed by atoms with Gasteiger partial charge in [-0.05, 0) is 24.1 Å². The van der Waals surface area contributed by atoms with Gasteiger partial charge in [-0.3, -0.25) is 67.7 Å². The lowest BCUT2D eigenvalue weighted by molar-refractivity contribution is -0.145. The molecule has 0 radical (unpaired) electrons. The highest BCUT2D eigenvalue weighted by Crippen LogP contribution is 2.34. The van der Waals surface area contributed by atoms with Crippen LogP contribution in [-0.4, -0.2) is 207 Å². The number of amides is 4. The van der Waals surface area contributed by atoms with Crippen LogP contribution in [0.3, 0.4) is 0 Å². The van der Waals surface area contributed by atoms with Crippen molar-refractivity contribution in [1.29, 1.82) is 0 Å². The molecule has 0 bridgehead atoms. The number of carbonyl (C=O) groups is 10. The monoisotopic (exact) mass is 833 g/mol. The number of nitrogens with one attached hydrogen (secondary N) is 2. The average Bonchev–Trinajstić information content (AvgIpc) is 3.44. The summed E-state index contributed by atoms with van der Waals surface area (Å²) in [7, 11) is 0. The molecule has 3 rings (SSSR count). The zero-order valence-corrected chi connectivity index (χ0v) is 32.2. The highest BCUT2D eigenvalue weighted by atomic mass is 16.5. The fourth-order valence-corrected chi connectivity index (χ4v) is 6.35. The summed E-state index contributed by atoms with van der Waals surface area (Å²) >= 11 is 0. The number of allylic oxidation sites excluding steroid dienone is 2. The largest absolute Gasteiger partial charge is 0.480 e. The third-order valence-corrected chi connectivity index (χ3v) is 9.15. The normalized spacial score (nSPS) is 16.3. The zero-order valence-electron chi connectivity index (χ0n) is 32.2. The molecule has 0 saturated carbocycles. The quantitative estimate of drug-likeness (QED) is 0.0314. The first-order valence-corrected chi connectivity index (χ1v) is 18.2. The second-order valence-corrected chi connectivity index (χ2v) is 13.7. The number of carbonyl (C=O) groups excluding carboxylic acids is 5. The molecule has 4 amide bonds. The van der Waals surface area contributed by atoms with Gasteiger partial charge in [0.25, 0.3) is 11.8 Å². The Bertz CT molecular complexity index is 1790. The third-order valence-electron chi connectivity index (χ3n) is 9.15. The van der Waals surface area contributed by atoms with Crippen LogP contribution in [0.15, 0.2) is 46.7 Å². The molecule has 2 aliphatic heterocycles. The first-order valence-electron chi connectivity index (χ1n) is 18.2. The summed E-state index contributed by atoms with van der Waals surface area (Å²) in [6.45, 7) is -2.13. The molecule has 23 heteroatoms. The molecular formula is C36H47N7O16. The van der Waals surface area contributed by atoms with Gasteiger partial charge in [0, 0.05) is 82.2 Å². The van der Waals surface area contributed by atoms with Crippen molar-refractivity contribution >= 4 is 59.4 Å². The third kappa shape index (κ3) is 16.2. The first-order chi connectivity index (χ1) is 27.8. The van der Waals surface area contributed by atoms with Crippen molar-refractivity contribution < 1.29 is 78.2 Å². The molecule has 59 heavy (non-hydrogen) atoms. The molecule has 1 aliphatic carbocycles. The SMILES string of the molecule is CC1=C(CC(=O)NCCN2C(=O)C=CC2=O)C(=O)OC2CC(NC(=O)CN(CCN(CCN(CCN(CC(=O)O)CC(=O)O)CC(=O)O)CC(=O)O)CC(=O)O)=CC=C12. The van der Waals surface area contributed by atoms with Gasteiger partial charge in [-0.25, -0.2) is 4.79 Å². The van der Waals surface area contributed by atoms with E-state index in [-0.39, 0.29) is 70.8 Å². The van der Waals surface area contributed by atoms with Gasteiger partial charge in [-0.15, -0.1) is 0 Å². The van der Waals surface area contributed by atoms with Crippen molar-refractivity contribution in [2.45, 2.75) is 25.9 Å². The Morgan fingerprint density at radius 2 is 1.10 bits per heavy atom. The minimum Gasteiger partial charge on any atom is -0.480 e. The standard InChI is InChI=1S/C36H47N7O16/c1-22-24-3-2-23(14-26(24)59-36(58)25(22)15-27(44)37-6-7-43-29(46)4-5-30(43)47)38-28(45)16-41(19-33(52)53)12-10-39(17-31(48)49)8-9-40(18-32(50)51)11-13-42(20-34(54)55)21-35(56)57/h2-5,26H,6-21H2,1H3,(H,37,44)(H,38,45)(H,48,49)(H,50,51)(H,52,53)(H,54,55)(H,56,57). The summed E-state index contributed by atoms with van der Waals surface area (Å²) < 4.78 is 5.58. The Balaban J connectivity index is 1.59. The lowest BCUT2D eigenvalue weighted by Crippen LogP contribution is -2.47. The van der Waals surface area contributed by atoms with Crippen LogP contribution in [0.25, 0.3) is 0 Å². The summed E-state index contributed by atoms with van der Waals surface area (Å²) in [4.78, 5) is 125. The van der Waals surface area contributed by atoms with E-state index in [1.54, 1.807) is 19.1 Å². The lowest BCUT2D eigenvalue weighted by Gasteiger charge is -2.31. The molecule has 0 aromatic heterocycles. The van der Waals surface area contributed by atoms with E-state index in [4.69, 9.17) is 14.9 Å². The number of ether oxygens (including phenoxy) is 1. The number of imide groups is 1. The second-order valence-electron chi connectivity index (χ2n) is 13.7. The number of esters is 1. The number of hydrogen-bond acceptors (Lipinski definition) is 15. The van der Waals surface area contributed by atoms with Crippen molar-refractivity contribution in [3.8, 4) is 0 Å². The Morgan fingerprint density at radius 1 is 0.661 bits per heavy atom. The van der Waals surface area contributed by atoms with E-state index >= 15 is 0 Å². The fourth-order valence-electron chi connectivity index (χ4n) is 6.35. The molecule has 23 nitrogen and oxygen atoms in total. The van der Waals surface area contributed by atoms with Crippen LogP contribution in [-0.2, 0) is 52.7 Å². The van der Waals surface area contributed by atoms with E-state index < -0.39 is 105 Å². The minimum absolute atomic E-state index is 0.0228. The smallest absolute Gasteiger partial charge is 0.335 e. The van der Waals surface area contributed by atoms with Gasteiger partial charge in [0.1, 0.15) is 6.10 Å². The highest BCUT2D eigenvalue weighted by molar-refractivity contribution is 6.12. The minimum atomic E-state index is -1.29. The molecule has 0 saturated heterocycles. The molecule has 2 heterocycles. The number of hydrogen-bond donors (Lipinski definition) is 7. The predicted molar refractivity (Wildman–Crippen MR) is 199 cm³/mol. The highest BCUT2D eigenvalue weighted by Gasteiger charge is 2.34. The van der Waals surface area contributed by atoms with E-state index in [1.165, 1.54) is 14.7 Å². The maximum atomic E-state index is 13.1. The Labute approximate surface area is 336 Å². The van der Waals surface area contributed by atoms with Crippen LogP contribution < -0.4 is 10.6 Å². The molecule has 0 fully saturated rings. The zero-order chi connectivity index (χ0) is 43.8. The summed E-state index contributed by atoms with van der Waals surface area (Å²) in [5.41, 5.74) is 1.54. The molecule has 1 atom stereocenters. The summed E-state index contributed by atoms with van der Waals surface area (Å²) in [5, 5.41) is 51.8. The van der Waals surface area contributed by atoms with Crippen molar-refractivity contribution in [3.05, 3.63) is 46.7 Å². The number of carboxylic acids is 5. The molecule has 7 N–H and O–H groups in total. The van der Waals surface area contributed by atoms with Crippen LogP contribution in [0, 0.1) is 0 Å². The van der Waals surface area contributed by atoms with Gasteiger partial charge in [0.15, 0.2) is 0 Å². The average molecular weight is 834 g/mol.